The van der Waals surface area contributed by atoms with Crippen LogP contribution in [0.25, 0.3) is 33.4 Å². The minimum absolute atomic E-state index is 0.0972. The molecule has 0 bridgehead atoms. The van der Waals surface area contributed by atoms with Crippen LogP contribution >= 0.6 is 0 Å². The highest BCUT2D eigenvalue weighted by Gasteiger charge is 2.17. The molecule has 7 heteroatoms. The van der Waals surface area contributed by atoms with Gasteiger partial charge in [-0.2, -0.15) is 0 Å². The summed E-state index contributed by atoms with van der Waals surface area (Å²) in [6.07, 6.45) is 0. The van der Waals surface area contributed by atoms with E-state index in [0.29, 0.717) is 11.5 Å². The molecule has 0 atom stereocenters. The van der Waals surface area contributed by atoms with Gasteiger partial charge in [0.05, 0.1) is 0 Å². The van der Waals surface area contributed by atoms with Crippen LogP contribution in [0.2, 0.25) is 0 Å². The molecular weight excluding hydrogens is 592 g/mol. The Morgan fingerprint density at radius 2 is 0.745 bits per heavy atom. The summed E-state index contributed by atoms with van der Waals surface area (Å²) in [5.74, 6) is -0.849. The van der Waals surface area contributed by atoms with Gasteiger partial charge in [0.25, 0.3) is 0 Å². The molecule has 0 unspecified atom stereocenters. The van der Waals surface area contributed by atoms with Crippen LogP contribution in [-0.4, -0.2) is 24.5 Å². The second-order valence-electron chi connectivity index (χ2n) is 11.2. The van der Waals surface area contributed by atoms with E-state index < -0.39 is 17.9 Å². The summed E-state index contributed by atoms with van der Waals surface area (Å²) in [5.41, 5.74) is 7.00. The first-order valence-corrected chi connectivity index (χ1v) is 14.7. The molecule has 47 heavy (non-hydrogen) atoms. The third-order valence-electron chi connectivity index (χ3n) is 6.78. The SMILES string of the molecule is C=C(C)COc1cc(-c2ccc(-c3ccc(-c4ccc(OC(=O)C(=C)C)c(OC(=O)C(=C)C)c4)cc3)cc2)ccc1OC(=O)C(=C)C. The third-order valence-corrected chi connectivity index (χ3v) is 6.78. The molecule has 0 heterocycles. The molecule has 0 spiro atoms. The van der Waals surface area contributed by atoms with Crippen LogP contribution in [0.3, 0.4) is 0 Å². The zero-order chi connectivity index (χ0) is 34.2. The molecule has 0 aliphatic rings. The minimum atomic E-state index is -0.633. The number of hydrogen-bond acceptors (Lipinski definition) is 7. The highest BCUT2D eigenvalue weighted by molar-refractivity contribution is 5.92. The number of rotatable bonds is 12. The molecule has 0 amide bonds. The smallest absolute Gasteiger partial charge is 0.338 e. The van der Waals surface area contributed by atoms with Gasteiger partial charge < -0.3 is 18.9 Å². The molecule has 0 aliphatic heterocycles. The van der Waals surface area contributed by atoms with E-state index in [1.807, 2.05) is 67.6 Å². The van der Waals surface area contributed by atoms with Crippen molar-refractivity contribution in [2.45, 2.75) is 27.7 Å². The van der Waals surface area contributed by atoms with E-state index >= 15 is 0 Å². The van der Waals surface area contributed by atoms with Gasteiger partial charge in [0.1, 0.15) is 6.61 Å². The second kappa shape index (κ2) is 14.9. The molecule has 4 rings (SSSR count). The fourth-order valence-electron chi connectivity index (χ4n) is 4.21. The lowest BCUT2D eigenvalue weighted by Gasteiger charge is -2.14. The number of ether oxygens (including phenoxy) is 4. The van der Waals surface area contributed by atoms with Gasteiger partial charge in [-0.3, -0.25) is 0 Å². The molecule has 0 aliphatic carbocycles. The Bertz CT molecular complexity index is 1890. The summed E-state index contributed by atoms with van der Waals surface area (Å²) in [6.45, 7) is 21.5. The highest BCUT2D eigenvalue weighted by atomic mass is 16.6. The van der Waals surface area contributed by atoms with Gasteiger partial charge >= 0.3 is 17.9 Å². The molecule has 4 aromatic carbocycles. The van der Waals surface area contributed by atoms with E-state index in [1.54, 1.807) is 31.2 Å². The molecule has 0 saturated carbocycles. The summed E-state index contributed by atoms with van der Waals surface area (Å²) in [6, 6.07) is 26.4. The fourth-order valence-corrected chi connectivity index (χ4v) is 4.21. The van der Waals surface area contributed by atoms with Gasteiger partial charge in [-0.25, -0.2) is 14.4 Å². The second-order valence-corrected chi connectivity index (χ2v) is 11.2. The van der Waals surface area contributed by atoms with Crippen molar-refractivity contribution in [3.63, 3.8) is 0 Å². The predicted octanol–water partition coefficient (Wildman–Crippen LogP) is 9.09. The monoisotopic (exact) mass is 628 g/mol. The van der Waals surface area contributed by atoms with Crippen molar-refractivity contribution in [2.75, 3.05) is 6.61 Å². The first-order valence-electron chi connectivity index (χ1n) is 14.7. The Morgan fingerprint density at radius 3 is 1.11 bits per heavy atom. The Labute approximate surface area is 275 Å². The summed E-state index contributed by atoms with van der Waals surface area (Å²) >= 11 is 0. The summed E-state index contributed by atoms with van der Waals surface area (Å²) in [7, 11) is 0. The van der Waals surface area contributed by atoms with E-state index in [0.717, 1.165) is 39.0 Å². The van der Waals surface area contributed by atoms with Gasteiger partial charge in [0, 0.05) is 16.7 Å². The van der Waals surface area contributed by atoms with Gasteiger partial charge in [-0.15, -0.1) is 0 Å². The average Bonchev–Trinajstić information content (AvgIpc) is 3.04. The molecule has 0 aromatic heterocycles. The molecule has 0 radical (unpaired) electrons. The van der Waals surface area contributed by atoms with Crippen LogP contribution in [0.4, 0.5) is 0 Å². The first kappa shape index (κ1) is 33.9. The maximum atomic E-state index is 12.3. The van der Waals surface area contributed by atoms with Crippen LogP contribution in [0, 0.1) is 0 Å². The Balaban J connectivity index is 1.57. The first-order chi connectivity index (χ1) is 22.3. The Morgan fingerprint density at radius 1 is 0.447 bits per heavy atom. The zero-order valence-corrected chi connectivity index (χ0v) is 27.0. The molecule has 7 nitrogen and oxygen atoms in total. The van der Waals surface area contributed by atoms with Crippen molar-refractivity contribution in [1.29, 1.82) is 0 Å². The zero-order valence-electron chi connectivity index (χ0n) is 27.0. The lowest BCUT2D eigenvalue weighted by Crippen LogP contribution is -2.12. The largest absolute Gasteiger partial charge is 0.485 e. The van der Waals surface area contributed by atoms with Crippen molar-refractivity contribution in [2.24, 2.45) is 0 Å². The van der Waals surface area contributed by atoms with Crippen LogP contribution in [0.15, 0.2) is 134 Å². The number of benzene rings is 4. The Kier molecular flexibility index (Phi) is 10.7. The third kappa shape index (κ3) is 8.83. The highest BCUT2D eigenvalue weighted by Crippen LogP contribution is 2.36. The predicted molar refractivity (Wildman–Crippen MR) is 184 cm³/mol. The molecule has 238 valence electrons. The van der Waals surface area contributed by atoms with Crippen molar-refractivity contribution in [3.8, 4) is 56.4 Å². The maximum Gasteiger partial charge on any atom is 0.338 e. The number of hydrogen-bond donors (Lipinski definition) is 0. The van der Waals surface area contributed by atoms with Gasteiger partial charge in [-0.1, -0.05) is 87.0 Å². The van der Waals surface area contributed by atoms with Crippen molar-refractivity contribution in [3.05, 3.63) is 134 Å². The normalized spacial score (nSPS) is 10.4. The lowest BCUT2D eigenvalue weighted by atomic mass is 9.98. The van der Waals surface area contributed by atoms with E-state index in [1.165, 1.54) is 13.8 Å². The molecule has 4 aromatic rings. The minimum Gasteiger partial charge on any atom is -0.485 e. The molecule has 0 N–H and O–H groups in total. The Hall–Kier alpha value is -5.95. The van der Waals surface area contributed by atoms with E-state index in [4.69, 9.17) is 18.9 Å². The van der Waals surface area contributed by atoms with Crippen molar-refractivity contribution < 1.29 is 33.3 Å². The van der Waals surface area contributed by atoms with Crippen LogP contribution in [0.1, 0.15) is 27.7 Å². The van der Waals surface area contributed by atoms with Crippen LogP contribution in [0.5, 0.6) is 23.0 Å². The maximum absolute atomic E-state index is 12.3. The van der Waals surface area contributed by atoms with Crippen LogP contribution < -0.4 is 18.9 Å². The lowest BCUT2D eigenvalue weighted by molar-refractivity contribution is -0.132. The van der Waals surface area contributed by atoms with Crippen molar-refractivity contribution >= 4 is 17.9 Å². The standard InChI is InChI=1S/C40H36O7/c1-24(2)23-44-36-21-32(17-19-34(36)45-38(41)25(3)4)30-13-9-28(10-14-30)29-11-15-31(16-12-29)33-18-20-35(46-39(42)26(5)6)37(22-33)47-40(43)27(7)8/h9-22H,1,3,5,7,23H2,2,4,6,8H3. The number of carbonyl (C=O) groups is 3. The van der Waals surface area contributed by atoms with Gasteiger partial charge in [-0.05, 0) is 90.9 Å². The average molecular weight is 629 g/mol. The van der Waals surface area contributed by atoms with E-state index in [9.17, 15) is 14.4 Å². The topological polar surface area (TPSA) is 88.1 Å². The fraction of sp³-hybridized carbons (Fsp3) is 0.125. The summed E-state index contributed by atoms with van der Waals surface area (Å²) in [5, 5.41) is 0. The number of esters is 3. The summed E-state index contributed by atoms with van der Waals surface area (Å²) in [4.78, 5) is 36.6. The summed E-state index contributed by atoms with van der Waals surface area (Å²) < 4.78 is 22.2. The van der Waals surface area contributed by atoms with Gasteiger partial charge in [0.2, 0.25) is 0 Å². The van der Waals surface area contributed by atoms with E-state index in [-0.39, 0.29) is 34.8 Å². The molecule has 0 saturated heterocycles. The molecular formula is C40H36O7. The van der Waals surface area contributed by atoms with E-state index in [2.05, 4.69) is 26.3 Å². The molecule has 0 fully saturated rings. The number of carbonyl (C=O) groups excluding carboxylic acids is 3. The van der Waals surface area contributed by atoms with Gasteiger partial charge in [0.15, 0.2) is 23.0 Å². The van der Waals surface area contributed by atoms with Crippen LogP contribution in [-0.2, 0) is 14.4 Å². The quantitative estimate of drug-likeness (QED) is 0.0669. The van der Waals surface area contributed by atoms with Crippen molar-refractivity contribution in [1.82, 2.24) is 0 Å².